The van der Waals surface area contributed by atoms with Gasteiger partial charge in [-0.2, -0.15) is 13.2 Å². The van der Waals surface area contributed by atoms with Gasteiger partial charge in [-0.3, -0.25) is 4.79 Å². The number of methoxy groups -OCH3 is 1. The van der Waals surface area contributed by atoms with E-state index in [0.717, 1.165) is 24.1 Å². The number of hydrogen-bond acceptors (Lipinski definition) is 4. The summed E-state index contributed by atoms with van der Waals surface area (Å²) in [5.41, 5.74) is -1.69. The minimum absolute atomic E-state index is 0.0407. The SMILES string of the molecule is COC(=O)[C@H]1C[C@H](Oc2ccccc2F)CN1C(=O)c1ccccc1C(F)(F)F. The highest BCUT2D eigenvalue weighted by Gasteiger charge is 2.44. The first kappa shape index (κ1) is 20.6. The Labute approximate surface area is 163 Å². The monoisotopic (exact) mass is 411 g/mol. The Morgan fingerprint density at radius 2 is 1.72 bits per heavy atom. The van der Waals surface area contributed by atoms with E-state index in [1.165, 1.54) is 30.3 Å². The number of ether oxygens (including phenoxy) is 2. The molecule has 0 bridgehead atoms. The number of carbonyl (C=O) groups excluding carboxylic acids is 2. The molecule has 0 N–H and O–H groups in total. The van der Waals surface area contributed by atoms with E-state index in [0.29, 0.717) is 0 Å². The number of nitrogens with zero attached hydrogens (tertiary/aromatic N) is 1. The van der Waals surface area contributed by atoms with Crippen LogP contribution in [0.3, 0.4) is 0 Å². The van der Waals surface area contributed by atoms with Crippen molar-refractivity contribution in [2.75, 3.05) is 13.7 Å². The van der Waals surface area contributed by atoms with Crippen LogP contribution in [0.25, 0.3) is 0 Å². The molecule has 1 aliphatic rings. The Morgan fingerprint density at radius 3 is 2.38 bits per heavy atom. The average molecular weight is 411 g/mol. The fraction of sp³-hybridized carbons (Fsp3) is 0.300. The van der Waals surface area contributed by atoms with E-state index < -0.39 is 47.1 Å². The zero-order valence-corrected chi connectivity index (χ0v) is 15.3. The molecule has 1 heterocycles. The van der Waals surface area contributed by atoms with Crippen molar-refractivity contribution in [3.63, 3.8) is 0 Å². The molecule has 0 unspecified atom stereocenters. The van der Waals surface area contributed by atoms with Crippen molar-refractivity contribution >= 4 is 11.9 Å². The summed E-state index contributed by atoms with van der Waals surface area (Å²) in [7, 11) is 1.11. The number of amides is 1. The topological polar surface area (TPSA) is 55.8 Å². The Morgan fingerprint density at radius 1 is 1.07 bits per heavy atom. The second-order valence-electron chi connectivity index (χ2n) is 6.45. The summed E-state index contributed by atoms with van der Waals surface area (Å²) in [5, 5.41) is 0. The number of carbonyl (C=O) groups is 2. The van der Waals surface area contributed by atoms with E-state index in [4.69, 9.17) is 4.74 Å². The molecular weight excluding hydrogens is 394 g/mol. The molecular formula is C20H17F4NO4. The number of benzene rings is 2. The smallest absolute Gasteiger partial charge is 0.417 e. The molecule has 5 nitrogen and oxygen atoms in total. The third-order valence-corrected chi connectivity index (χ3v) is 4.59. The maximum Gasteiger partial charge on any atom is 0.417 e. The van der Waals surface area contributed by atoms with Crippen molar-refractivity contribution in [3.8, 4) is 5.75 Å². The van der Waals surface area contributed by atoms with Crippen molar-refractivity contribution in [2.24, 2.45) is 0 Å². The van der Waals surface area contributed by atoms with Gasteiger partial charge in [0.25, 0.3) is 5.91 Å². The fourth-order valence-corrected chi connectivity index (χ4v) is 3.26. The van der Waals surface area contributed by atoms with Gasteiger partial charge in [0, 0.05) is 6.42 Å². The van der Waals surface area contributed by atoms with Crippen molar-refractivity contribution in [1.29, 1.82) is 0 Å². The van der Waals surface area contributed by atoms with Gasteiger partial charge in [0.1, 0.15) is 12.1 Å². The van der Waals surface area contributed by atoms with E-state index in [-0.39, 0.29) is 18.7 Å². The zero-order valence-electron chi connectivity index (χ0n) is 15.3. The van der Waals surface area contributed by atoms with Gasteiger partial charge in [0.2, 0.25) is 0 Å². The average Bonchev–Trinajstić information content (AvgIpc) is 3.12. The summed E-state index contributed by atoms with van der Waals surface area (Å²) in [6, 6.07) is 8.76. The highest BCUT2D eigenvalue weighted by molar-refractivity contribution is 5.98. The van der Waals surface area contributed by atoms with E-state index in [2.05, 4.69) is 4.74 Å². The zero-order chi connectivity index (χ0) is 21.2. The van der Waals surface area contributed by atoms with E-state index in [1.807, 2.05) is 0 Å². The number of para-hydroxylation sites is 1. The molecule has 0 aromatic heterocycles. The largest absolute Gasteiger partial charge is 0.485 e. The molecule has 2 aromatic rings. The fourth-order valence-electron chi connectivity index (χ4n) is 3.26. The lowest BCUT2D eigenvalue weighted by Crippen LogP contribution is -2.42. The van der Waals surface area contributed by atoms with Crippen LogP contribution >= 0.6 is 0 Å². The predicted molar refractivity (Wildman–Crippen MR) is 93.7 cm³/mol. The third kappa shape index (κ3) is 4.33. The quantitative estimate of drug-likeness (QED) is 0.569. The Kier molecular flexibility index (Phi) is 5.76. The van der Waals surface area contributed by atoms with Gasteiger partial charge in [-0.15, -0.1) is 0 Å². The first-order chi connectivity index (χ1) is 13.7. The Balaban J connectivity index is 1.89. The maximum absolute atomic E-state index is 13.8. The van der Waals surface area contributed by atoms with E-state index >= 15 is 0 Å². The molecule has 9 heteroatoms. The molecule has 154 valence electrons. The van der Waals surface area contributed by atoms with Crippen molar-refractivity contribution in [3.05, 3.63) is 65.5 Å². The first-order valence-corrected chi connectivity index (χ1v) is 8.68. The summed E-state index contributed by atoms with van der Waals surface area (Å²) in [6.45, 7) is -0.195. The predicted octanol–water partition coefficient (Wildman–Crippen LogP) is 3.68. The van der Waals surface area contributed by atoms with Crippen molar-refractivity contribution < 1.29 is 36.6 Å². The second-order valence-corrected chi connectivity index (χ2v) is 6.45. The summed E-state index contributed by atoms with van der Waals surface area (Å²) in [6.07, 6.45) is -5.57. The second kappa shape index (κ2) is 8.10. The minimum Gasteiger partial charge on any atom is -0.485 e. The van der Waals surface area contributed by atoms with Gasteiger partial charge in [0.15, 0.2) is 11.6 Å². The van der Waals surface area contributed by atoms with Crippen LogP contribution in [0.1, 0.15) is 22.3 Å². The van der Waals surface area contributed by atoms with Gasteiger partial charge in [-0.1, -0.05) is 24.3 Å². The van der Waals surface area contributed by atoms with Crippen LogP contribution in [0.5, 0.6) is 5.75 Å². The summed E-state index contributed by atoms with van der Waals surface area (Å²) >= 11 is 0. The number of likely N-dealkylation sites (tertiary alicyclic amines) is 1. The van der Waals surface area contributed by atoms with Crippen LogP contribution in [-0.4, -0.2) is 42.6 Å². The summed E-state index contributed by atoms with van der Waals surface area (Å²) in [4.78, 5) is 26.0. The van der Waals surface area contributed by atoms with Crippen LogP contribution in [0.2, 0.25) is 0 Å². The van der Waals surface area contributed by atoms with Crippen LogP contribution in [0, 0.1) is 5.82 Å². The number of rotatable bonds is 4. The molecule has 0 aliphatic carbocycles. The minimum atomic E-state index is -4.74. The van der Waals surface area contributed by atoms with Gasteiger partial charge in [-0.25, -0.2) is 9.18 Å². The molecule has 2 aromatic carbocycles. The highest BCUT2D eigenvalue weighted by atomic mass is 19.4. The Bertz CT molecular complexity index is 915. The third-order valence-electron chi connectivity index (χ3n) is 4.59. The van der Waals surface area contributed by atoms with Crippen LogP contribution in [0.4, 0.5) is 17.6 Å². The number of esters is 1. The van der Waals surface area contributed by atoms with Crippen LogP contribution in [0.15, 0.2) is 48.5 Å². The van der Waals surface area contributed by atoms with Gasteiger partial charge in [-0.05, 0) is 24.3 Å². The van der Waals surface area contributed by atoms with Gasteiger partial charge in [0.05, 0.1) is 24.8 Å². The molecule has 3 rings (SSSR count). The van der Waals surface area contributed by atoms with Crippen molar-refractivity contribution in [2.45, 2.75) is 24.7 Å². The molecule has 2 atom stereocenters. The molecule has 1 saturated heterocycles. The van der Waals surface area contributed by atoms with Crippen LogP contribution in [-0.2, 0) is 15.7 Å². The highest BCUT2D eigenvalue weighted by Crippen LogP contribution is 2.34. The summed E-state index contributed by atoms with van der Waals surface area (Å²) in [5.74, 6) is -2.48. The van der Waals surface area contributed by atoms with E-state index in [9.17, 15) is 27.2 Å². The van der Waals surface area contributed by atoms with E-state index in [1.54, 1.807) is 6.07 Å². The molecule has 0 spiro atoms. The molecule has 1 amide bonds. The lowest BCUT2D eigenvalue weighted by molar-refractivity contribution is -0.145. The molecule has 29 heavy (non-hydrogen) atoms. The molecule has 0 saturated carbocycles. The molecule has 1 aliphatic heterocycles. The number of halogens is 4. The number of hydrogen-bond donors (Lipinski definition) is 0. The lowest BCUT2D eigenvalue weighted by atomic mass is 10.1. The van der Waals surface area contributed by atoms with Crippen LogP contribution < -0.4 is 4.74 Å². The summed E-state index contributed by atoms with van der Waals surface area (Å²) < 4.78 is 64.0. The standard InChI is InChI=1S/C20H17F4NO4/c1-28-19(27)16-10-12(29-17-9-5-4-8-15(17)21)11-25(16)18(26)13-6-2-3-7-14(13)20(22,23)24/h2-9,12,16H,10-11H2,1H3/t12-,16+/m0/s1. The molecule has 0 radical (unpaired) electrons. The van der Waals surface area contributed by atoms with Gasteiger partial charge >= 0.3 is 12.1 Å². The maximum atomic E-state index is 13.8. The first-order valence-electron chi connectivity index (χ1n) is 8.68. The lowest BCUT2D eigenvalue weighted by Gasteiger charge is -2.24. The number of alkyl halides is 3. The Hall–Kier alpha value is -3.10. The normalized spacial score (nSPS) is 19.1. The molecule has 1 fully saturated rings. The van der Waals surface area contributed by atoms with Gasteiger partial charge < -0.3 is 14.4 Å². The van der Waals surface area contributed by atoms with Crippen molar-refractivity contribution in [1.82, 2.24) is 4.90 Å².